The zero-order valence-electron chi connectivity index (χ0n) is 9.35. The van der Waals surface area contributed by atoms with Gasteiger partial charge in [-0.1, -0.05) is 5.11 Å². The van der Waals surface area contributed by atoms with Crippen LogP contribution in [0.3, 0.4) is 0 Å². The summed E-state index contributed by atoms with van der Waals surface area (Å²) in [5, 5.41) is 3.53. The highest BCUT2D eigenvalue weighted by Crippen LogP contribution is 2.34. The first-order valence-electron chi connectivity index (χ1n) is 5.36. The average Bonchev–Trinajstić information content (AvgIpc) is 2.32. The number of hydrogen-bond acceptors (Lipinski definition) is 3. The molecule has 1 aliphatic rings. The van der Waals surface area contributed by atoms with Gasteiger partial charge in [-0.25, -0.2) is 13.8 Å². The minimum atomic E-state index is -2.61. The number of hydrogen-bond donors (Lipinski definition) is 0. The molecule has 0 spiro atoms. The molecule has 8 heteroatoms. The van der Waals surface area contributed by atoms with E-state index in [4.69, 9.17) is 5.53 Å². The van der Waals surface area contributed by atoms with Crippen molar-refractivity contribution in [3.63, 3.8) is 0 Å². The van der Waals surface area contributed by atoms with Crippen LogP contribution in [0.25, 0.3) is 10.4 Å². The minimum Gasteiger partial charge on any atom is -0.356 e. The van der Waals surface area contributed by atoms with Crippen molar-refractivity contribution < 1.29 is 8.78 Å². The Labute approximate surface area is 111 Å². The second kappa shape index (κ2) is 5.07. The van der Waals surface area contributed by atoms with Crippen LogP contribution in [0, 0.1) is 0 Å². The van der Waals surface area contributed by atoms with Crippen LogP contribution in [0.5, 0.6) is 0 Å². The number of pyridine rings is 1. The number of aromatic nitrogens is 1. The van der Waals surface area contributed by atoms with Crippen LogP contribution in [0.2, 0.25) is 0 Å². The maximum atomic E-state index is 13.1. The predicted octanol–water partition coefficient (Wildman–Crippen LogP) is 4.02. The third-order valence-corrected chi connectivity index (χ3v) is 3.21. The molecule has 0 saturated carbocycles. The van der Waals surface area contributed by atoms with E-state index in [2.05, 4.69) is 30.9 Å². The number of nitrogens with zero attached hydrogens (tertiary/aromatic N) is 5. The third kappa shape index (κ3) is 2.88. The molecule has 18 heavy (non-hydrogen) atoms. The molecule has 1 aliphatic heterocycles. The highest BCUT2D eigenvalue weighted by molar-refractivity contribution is 9.10. The van der Waals surface area contributed by atoms with Crippen molar-refractivity contribution in [2.75, 3.05) is 18.0 Å². The van der Waals surface area contributed by atoms with Crippen molar-refractivity contribution in [2.45, 2.75) is 18.8 Å². The quantitative estimate of drug-likeness (QED) is 0.358. The van der Waals surface area contributed by atoms with Gasteiger partial charge < -0.3 is 4.90 Å². The van der Waals surface area contributed by atoms with Crippen LogP contribution in [0.15, 0.2) is 21.9 Å². The summed E-state index contributed by atoms with van der Waals surface area (Å²) >= 11 is 3.22. The maximum Gasteiger partial charge on any atom is 0.251 e. The topological polar surface area (TPSA) is 64.9 Å². The van der Waals surface area contributed by atoms with Gasteiger partial charge in [0, 0.05) is 30.8 Å². The molecule has 0 aliphatic carbocycles. The van der Waals surface area contributed by atoms with Gasteiger partial charge in [0.2, 0.25) is 0 Å². The summed E-state index contributed by atoms with van der Waals surface area (Å²) < 4.78 is 26.7. The third-order valence-electron chi connectivity index (χ3n) is 2.77. The molecule has 0 radical (unpaired) electrons. The summed E-state index contributed by atoms with van der Waals surface area (Å²) in [5.41, 5.74) is 8.83. The first-order valence-corrected chi connectivity index (χ1v) is 6.15. The normalized spacial score (nSPS) is 18.3. The van der Waals surface area contributed by atoms with E-state index in [1.54, 1.807) is 17.0 Å². The highest BCUT2D eigenvalue weighted by atomic mass is 79.9. The molecule has 0 unspecified atom stereocenters. The number of alkyl halides is 2. The van der Waals surface area contributed by atoms with E-state index in [-0.39, 0.29) is 25.9 Å². The van der Waals surface area contributed by atoms with Gasteiger partial charge in [0.15, 0.2) is 0 Å². The molecular weight excluding hydrogens is 308 g/mol. The zero-order chi connectivity index (χ0) is 13.2. The molecular formula is C10H10BrF2N5. The van der Waals surface area contributed by atoms with E-state index in [0.29, 0.717) is 16.1 Å². The van der Waals surface area contributed by atoms with Crippen LogP contribution < -0.4 is 4.90 Å². The second-order valence-electron chi connectivity index (χ2n) is 4.01. The minimum absolute atomic E-state index is 0.199. The number of halogens is 3. The van der Waals surface area contributed by atoms with Crippen molar-refractivity contribution in [2.24, 2.45) is 5.11 Å². The Morgan fingerprint density at radius 1 is 1.39 bits per heavy atom. The Hall–Kier alpha value is -1.40. The molecule has 0 atom stereocenters. The van der Waals surface area contributed by atoms with Crippen LogP contribution in [0.1, 0.15) is 12.8 Å². The van der Waals surface area contributed by atoms with Gasteiger partial charge in [0.25, 0.3) is 5.92 Å². The number of piperidine rings is 1. The Balaban J connectivity index is 2.27. The van der Waals surface area contributed by atoms with E-state index in [1.807, 2.05) is 0 Å². The summed E-state index contributed by atoms with van der Waals surface area (Å²) in [4.78, 5) is 8.63. The van der Waals surface area contributed by atoms with Gasteiger partial charge >= 0.3 is 0 Å². The van der Waals surface area contributed by atoms with Crippen molar-refractivity contribution in [1.82, 2.24) is 4.98 Å². The molecule has 1 aromatic heterocycles. The van der Waals surface area contributed by atoms with E-state index in [0.717, 1.165) is 0 Å². The largest absolute Gasteiger partial charge is 0.356 e. The number of azide groups is 1. The summed E-state index contributed by atoms with van der Waals surface area (Å²) in [6.07, 6.45) is -0.423. The maximum absolute atomic E-state index is 13.1. The molecule has 1 saturated heterocycles. The molecule has 1 aromatic rings. The standard InChI is InChI=1S/C10H10BrF2N5/c11-8-2-1-7(16-17-14)9(15-8)18-5-3-10(12,13)4-6-18/h1-2H,3-6H2. The van der Waals surface area contributed by atoms with E-state index >= 15 is 0 Å². The monoisotopic (exact) mass is 317 g/mol. The van der Waals surface area contributed by atoms with Crippen molar-refractivity contribution in [3.05, 3.63) is 27.2 Å². The van der Waals surface area contributed by atoms with Crippen molar-refractivity contribution in [1.29, 1.82) is 0 Å². The first-order chi connectivity index (χ1) is 8.52. The molecule has 0 bridgehead atoms. The Kier molecular flexibility index (Phi) is 3.68. The van der Waals surface area contributed by atoms with E-state index in [1.165, 1.54) is 0 Å². The molecule has 96 valence electrons. The van der Waals surface area contributed by atoms with Gasteiger partial charge in [0.05, 0.1) is 5.69 Å². The Morgan fingerprint density at radius 2 is 2.06 bits per heavy atom. The van der Waals surface area contributed by atoms with Crippen molar-refractivity contribution in [3.8, 4) is 0 Å². The number of anilines is 1. The molecule has 0 amide bonds. The molecule has 0 N–H and O–H groups in total. The van der Waals surface area contributed by atoms with Gasteiger partial charge in [0.1, 0.15) is 10.4 Å². The van der Waals surface area contributed by atoms with Crippen LogP contribution >= 0.6 is 15.9 Å². The lowest BCUT2D eigenvalue weighted by atomic mass is 10.1. The average molecular weight is 318 g/mol. The molecule has 2 rings (SSSR count). The van der Waals surface area contributed by atoms with Crippen LogP contribution in [0.4, 0.5) is 20.3 Å². The lowest BCUT2D eigenvalue weighted by Crippen LogP contribution is -2.39. The lowest BCUT2D eigenvalue weighted by molar-refractivity contribution is -0.0221. The molecule has 5 nitrogen and oxygen atoms in total. The van der Waals surface area contributed by atoms with Crippen molar-refractivity contribution >= 4 is 27.4 Å². The Bertz CT molecular complexity index is 491. The first kappa shape index (κ1) is 13.0. The smallest absolute Gasteiger partial charge is 0.251 e. The van der Waals surface area contributed by atoms with Gasteiger partial charge in [-0.15, -0.1) is 0 Å². The fourth-order valence-corrected chi connectivity index (χ4v) is 2.12. The summed E-state index contributed by atoms with van der Waals surface area (Å²) in [6.45, 7) is 0.398. The fourth-order valence-electron chi connectivity index (χ4n) is 1.82. The Morgan fingerprint density at radius 3 is 2.67 bits per heavy atom. The van der Waals surface area contributed by atoms with Crippen LogP contribution in [-0.4, -0.2) is 24.0 Å². The molecule has 2 heterocycles. The fraction of sp³-hybridized carbons (Fsp3) is 0.500. The van der Waals surface area contributed by atoms with Crippen LogP contribution in [-0.2, 0) is 0 Å². The molecule has 1 fully saturated rings. The molecule has 0 aromatic carbocycles. The summed E-state index contributed by atoms with van der Waals surface area (Å²) in [7, 11) is 0. The SMILES string of the molecule is [N-]=[N+]=Nc1ccc(Br)nc1N1CCC(F)(F)CC1. The lowest BCUT2D eigenvalue weighted by Gasteiger charge is -2.33. The van der Waals surface area contributed by atoms with Gasteiger partial charge in [-0.3, -0.25) is 0 Å². The van der Waals surface area contributed by atoms with E-state index < -0.39 is 5.92 Å². The highest BCUT2D eigenvalue weighted by Gasteiger charge is 2.34. The second-order valence-corrected chi connectivity index (χ2v) is 4.82. The van der Waals surface area contributed by atoms with E-state index in [9.17, 15) is 8.78 Å². The zero-order valence-corrected chi connectivity index (χ0v) is 10.9. The summed E-state index contributed by atoms with van der Waals surface area (Å²) in [6, 6.07) is 3.25. The van der Waals surface area contributed by atoms with Gasteiger partial charge in [-0.05, 0) is 33.6 Å². The van der Waals surface area contributed by atoms with Gasteiger partial charge in [-0.2, -0.15) is 0 Å². The number of rotatable bonds is 2. The predicted molar refractivity (Wildman–Crippen MR) is 67.1 cm³/mol. The summed E-state index contributed by atoms with van der Waals surface area (Å²) in [5.74, 6) is -2.17.